The number of rotatable bonds is 4. The second kappa shape index (κ2) is 7.76. The van der Waals surface area contributed by atoms with Gasteiger partial charge in [-0.3, -0.25) is 14.4 Å². The van der Waals surface area contributed by atoms with Crippen molar-refractivity contribution in [1.82, 2.24) is 15.5 Å². The van der Waals surface area contributed by atoms with Crippen molar-refractivity contribution in [3.8, 4) is 0 Å². The molecule has 23 heavy (non-hydrogen) atoms. The highest BCUT2D eigenvalue weighted by atomic mass is 16.2. The van der Waals surface area contributed by atoms with Gasteiger partial charge in [0, 0.05) is 31.6 Å². The Morgan fingerprint density at radius 3 is 2.30 bits per heavy atom. The summed E-state index contributed by atoms with van der Waals surface area (Å²) in [4.78, 5) is 36.9. The Balaban J connectivity index is 1.72. The summed E-state index contributed by atoms with van der Waals surface area (Å²) in [7, 11) is 0. The van der Waals surface area contributed by atoms with Gasteiger partial charge in [0.2, 0.25) is 11.8 Å². The number of amides is 3. The van der Waals surface area contributed by atoms with Crippen molar-refractivity contribution in [3.05, 3.63) is 35.4 Å². The summed E-state index contributed by atoms with van der Waals surface area (Å²) < 4.78 is 0. The second-order valence-corrected chi connectivity index (χ2v) is 5.90. The molecule has 0 radical (unpaired) electrons. The molecule has 0 unspecified atom stereocenters. The fourth-order valence-corrected chi connectivity index (χ4v) is 2.58. The van der Waals surface area contributed by atoms with Crippen molar-refractivity contribution in [2.75, 3.05) is 19.6 Å². The van der Waals surface area contributed by atoms with Crippen molar-refractivity contribution < 1.29 is 14.4 Å². The van der Waals surface area contributed by atoms with Crippen molar-refractivity contribution in [3.63, 3.8) is 0 Å². The van der Waals surface area contributed by atoms with Gasteiger partial charge in [0.1, 0.15) is 0 Å². The normalized spacial score (nSPS) is 15.1. The third-order valence-corrected chi connectivity index (χ3v) is 4.03. The highest BCUT2D eigenvalue weighted by Gasteiger charge is 2.21. The van der Waals surface area contributed by atoms with Crippen LogP contribution < -0.4 is 10.6 Å². The predicted molar refractivity (Wildman–Crippen MR) is 86.9 cm³/mol. The van der Waals surface area contributed by atoms with Crippen LogP contribution in [0.3, 0.4) is 0 Å². The number of benzene rings is 1. The van der Waals surface area contributed by atoms with E-state index in [-0.39, 0.29) is 30.3 Å². The number of carbonyl (C=O) groups is 3. The molecule has 0 aromatic heterocycles. The molecule has 3 amide bonds. The van der Waals surface area contributed by atoms with Gasteiger partial charge in [-0.2, -0.15) is 0 Å². The SMILES string of the molecule is CC(=O)N1CCC(NC(=O)CNC(=O)c2ccc(C)cc2)CC1. The van der Waals surface area contributed by atoms with E-state index in [1.165, 1.54) is 0 Å². The number of carbonyl (C=O) groups excluding carboxylic acids is 3. The molecule has 6 nitrogen and oxygen atoms in total. The smallest absolute Gasteiger partial charge is 0.251 e. The maximum absolute atomic E-state index is 11.9. The molecule has 1 saturated heterocycles. The largest absolute Gasteiger partial charge is 0.352 e. The molecule has 0 saturated carbocycles. The minimum atomic E-state index is -0.258. The van der Waals surface area contributed by atoms with Crippen LogP contribution in [0.15, 0.2) is 24.3 Å². The summed E-state index contributed by atoms with van der Waals surface area (Å²) in [6.07, 6.45) is 1.49. The Kier molecular flexibility index (Phi) is 5.73. The lowest BCUT2D eigenvalue weighted by atomic mass is 10.1. The Labute approximate surface area is 136 Å². The Bertz CT molecular complexity index is 575. The molecule has 0 spiro atoms. The van der Waals surface area contributed by atoms with Crippen LogP contribution in [-0.4, -0.2) is 48.3 Å². The van der Waals surface area contributed by atoms with E-state index in [2.05, 4.69) is 10.6 Å². The van der Waals surface area contributed by atoms with E-state index in [1.807, 2.05) is 19.1 Å². The average molecular weight is 317 g/mol. The van der Waals surface area contributed by atoms with Gasteiger partial charge in [-0.15, -0.1) is 0 Å². The molecule has 1 aromatic carbocycles. The zero-order chi connectivity index (χ0) is 16.8. The van der Waals surface area contributed by atoms with Crippen LogP contribution in [0, 0.1) is 6.92 Å². The van der Waals surface area contributed by atoms with Gasteiger partial charge in [0.05, 0.1) is 6.54 Å². The molecular formula is C17H23N3O3. The summed E-state index contributed by atoms with van der Waals surface area (Å²) in [5, 5.41) is 5.52. The number of aryl methyl sites for hydroxylation is 1. The van der Waals surface area contributed by atoms with Crippen LogP contribution in [0.5, 0.6) is 0 Å². The summed E-state index contributed by atoms with van der Waals surface area (Å²) in [6, 6.07) is 7.25. The number of nitrogens with zero attached hydrogens (tertiary/aromatic N) is 1. The topological polar surface area (TPSA) is 78.5 Å². The first kappa shape index (κ1) is 17.0. The van der Waals surface area contributed by atoms with Crippen LogP contribution in [0.25, 0.3) is 0 Å². The number of hydrogen-bond acceptors (Lipinski definition) is 3. The van der Waals surface area contributed by atoms with E-state index < -0.39 is 0 Å². The molecule has 124 valence electrons. The molecule has 6 heteroatoms. The minimum absolute atomic E-state index is 0.0420. The fourth-order valence-electron chi connectivity index (χ4n) is 2.58. The van der Waals surface area contributed by atoms with Crippen LogP contribution in [0.1, 0.15) is 35.7 Å². The molecule has 1 aliphatic heterocycles. The summed E-state index contributed by atoms with van der Waals surface area (Å²) in [5.41, 5.74) is 1.62. The van der Waals surface area contributed by atoms with Crippen molar-refractivity contribution in [2.45, 2.75) is 32.7 Å². The molecular weight excluding hydrogens is 294 g/mol. The first-order chi connectivity index (χ1) is 11.0. The molecule has 1 aliphatic rings. The maximum atomic E-state index is 11.9. The van der Waals surface area contributed by atoms with Crippen LogP contribution in [0.4, 0.5) is 0 Å². The molecule has 0 bridgehead atoms. The van der Waals surface area contributed by atoms with Gasteiger partial charge in [-0.25, -0.2) is 0 Å². The first-order valence-corrected chi connectivity index (χ1v) is 7.85. The molecule has 0 aliphatic carbocycles. The molecule has 2 N–H and O–H groups in total. The van der Waals surface area contributed by atoms with E-state index in [0.717, 1.165) is 18.4 Å². The lowest BCUT2D eigenvalue weighted by Crippen LogP contribution is -2.48. The number of likely N-dealkylation sites (tertiary alicyclic amines) is 1. The molecule has 0 atom stereocenters. The first-order valence-electron chi connectivity index (χ1n) is 7.85. The third kappa shape index (κ3) is 5.09. The van der Waals surface area contributed by atoms with Crippen LogP contribution in [-0.2, 0) is 9.59 Å². The quantitative estimate of drug-likeness (QED) is 0.864. The van der Waals surface area contributed by atoms with Gasteiger partial charge < -0.3 is 15.5 Å². The highest BCUT2D eigenvalue weighted by molar-refractivity contribution is 5.96. The number of hydrogen-bond donors (Lipinski definition) is 2. The zero-order valence-corrected chi connectivity index (χ0v) is 13.6. The summed E-state index contributed by atoms with van der Waals surface area (Å²) in [5.74, 6) is -0.390. The van der Waals surface area contributed by atoms with E-state index >= 15 is 0 Å². The van der Waals surface area contributed by atoms with Gasteiger partial charge >= 0.3 is 0 Å². The van der Waals surface area contributed by atoms with Gasteiger partial charge in [-0.05, 0) is 31.9 Å². The number of nitrogens with one attached hydrogen (secondary N) is 2. The predicted octanol–water partition coefficient (Wildman–Crippen LogP) is 0.852. The molecule has 2 rings (SSSR count). The van der Waals surface area contributed by atoms with Gasteiger partial charge in [-0.1, -0.05) is 17.7 Å². The van der Waals surface area contributed by atoms with E-state index in [9.17, 15) is 14.4 Å². The Morgan fingerprint density at radius 2 is 1.74 bits per heavy atom. The molecule has 1 heterocycles. The summed E-state index contributed by atoms with van der Waals surface area (Å²) >= 11 is 0. The second-order valence-electron chi connectivity index (χ2n) is 5.90. The van der Waals surface area contributed by atoms with E-state index in [0.29, 0.717) is 18.7 Å². The molecule has 1 aromatic rings. The average Bonchev–Trinajstić information content (AvgIpc) is 2.54. The van der Waals surface area contributed by atoms with Crippen LogP contribution >= 0.6 is 0 Å². The van der Waals surface area contributed by atoms with Crippen LogP contribution in [0.2, 0.25) is 0 Å². The zero-order valence-electron chi connectivity index (χ0n) is 13.6. The lowest BCUT2D eigenvalue weighted by Gasteiger charge is -2.31. The highest BCUT2D eigenvalue weighted by Crippen LogP contribution is 2.10. The number of piperidine rings is 1. The Morgan fingerprint density at radius 1 is 1.13 bits per heavy atom. The van der Waals surface area contributed by atoms with E-state index in [4.69, 9.17) is 0 Å². The van der Waals surface area contributed by atoms with Gasteiger partial charge in [0.25, 0.3) is 5.91 Å². The fraction of sp³-hybridized carbons (Fsp3) is 0.471. The standard InChI is InChI=1S/C17H23N3O3/c1-12-3-5-14(6-4-12)17(23)18-11-16(22)19-15-7-9-20(10-8-15)13(2)21/h3-6,15H,7-11H2,1-2H3,(H,18,23)(H,19,22). The molecule has 1 fully saturated rings. The van der Waals surface area contributed by atoms with E-state index in [1.54, 1.807) is 24.0 Å². The third-order valence-electron chi connectivity index (χ3n) is 4.03. The lowest BCUT2D eigenvalue weighted by molar-refractivity contribution is -0.130. The minimum Gasteiger partial charge on any atom is -0.352 e. The summed E-state index contributed by atoms with van der Waals surface area (Å²) in [6.45, 7) is 4.79. The van der Waals surface area contributed by atoms with Crippen molar-refractivity contribution in [1.29, 1.82) is 0 Å². The Hall–Kier alpha value is -2.37. The van der Waals surface area contributed by atoms with Crippen molar-refractivity contribution >= 4 is 17.7 Å². The van der Waals surface area contributed by atoms with Gasteiger partial charge in [0.15, 0.2) is 0 Å². The maximum Gasteiger partial charge on any atom is 0.251 e. The van der Waals surface area contributed by atoms with Crippen molar-refractivity contribution in [2.24, 2.45) is 0 Å². The monoisotopic (exact) mass is 317 g/mol.